The normalized spacial score (nSPS) is 18.9. The average Bonchev–Trinajstić information content (AvgIpc) is 2.74. The highest BCUT2D eigenvalue weighted by Gasteiger charge is 2.31. The van der Waals surface area contributed by atoms with E-state index in [1.54, 1.807) is 11.9 Å². The van der Waals surface area contributed by atoms with E-state index in [1.807, 2.05) is 0 Å². The molecule has 20 heavy (non-hydrogen) atoms. The Morgan fingerprint density at radius 1 is 1.50 bits per heavy atom. The predicted octanol–water partition coefficient (Wildman–Crippen LogP) is 0.0899. The number of hydrogen-bond donors (Lipinski definition) is 2. The summed E-state index contributed by atoms with van der Waals surface area (Å²) in [4.78, 5) is 24.7. The first-order valence-electron chi connectivity index (χ1n) is 6.34. The van der Waals surface area contributed by atoms with Gasteiger partial charge in [-0.25, -0.2) is 4.79 Å². The van der Waals surface area contributed by atoms with Crippen LogP contribution in [0.5, 0.6) is 0 Å². The van der Waals surface area contributed by atoms with Crippen molar-refractivity contribution in [3.8, 4) is 0 Å². The van der Waals surface area contributed by atoms with Crippen molar-refractivity contribution in [2.24, 2.45) is 13.0 Å². The first-order valence-corrected chi connectivity index (χ1v) is 6.34. The van der Waals surface area contributed by atoms with E-state index in [0.717, 1.165) is 6.42 Å². The number of nitrogens with zero attached hydrogens (tertiary/aromatic N) is 3. The molecule has 0 amide bonds. The zero-order chi connectivity index (χ0) is 14.9. The molecule has 0 aromatic carbocycles. The highest BCUT2D eigenvalue weighted by atomic mass is 16.5. The summed E-state index contributed by atoms with van der Waals surface area (Å²) in [5.41, 5.74) is 6.03. The average molecular weight is 282 g/mol. The van der Waals surface area contributed by atoms with Gasteiger partial charge < -0.3 is 20.5 Å². The maximum absolute atomic E-state index is 11.8. The molecule has 1 saturated heterocycles. The van der Waals surface area contributed by atoms with Crippen molar-refractivity contribution in [2.45, 2.75) is 12.8 Å². The number of carbonyl (C=O) groups is 2. The molecule has 0 spiro atoms. The molecule has 2 rings (SSSR count). The smallest absolute Gasteiger partial charge is 0.345 e. The zero-order valence-electron chi connectivity index (χ0n) is 11.5. The van der Waals surface area contributed by atoms with E-state index >= 15 is 0 Å². The second-order valence-corrected chi connectivity index (χ2v) is 4.82. The fourth-order valence-corrected chi connectivity index (χ4v) is 2.41. The minimum Gasteiger partial charge on any atom is -0.481 e. The largest absolute Gasteiger partial charge is 0.481 e. The van der Waals surface area contributed by atoms with Crippen molar-refractivity contribution in [3.05, 3.63) is 5.56 Å². The molecule has 3 N–H and O–H groups in total. The van der Waals surface area contributed by atoms with Gasteiger partial charge in [-0.2, -0.15) is 5.10 Å². The molecule has 0 saturated carbocycles. The number of nitrogens with two attached hydrogens (primary N) is 1. The number of methoxy groups -OCH3 is 1. The standard InChI is InChI=1S/C12H18N4O4/c1-15-9(13)8(12(19)20-2)10(14-15)16-5-3-4-7(6-16)11(17)18/h7H,3-6,13H2,1-2H3,(H,17,18). The summed E-state index contributed by atoms with van der Waals surface area (Å²) in [6, 6.07) is 0. The fraction of sp³-hybridized carbons (Fsp3) is 0.583. The molecule has 1 aromatic rings. The Labute approximate surface area is 116 Å². The number of ether oxygens (including phenoxy) is 1. The summed E-state index contributed by atoms with van der Waals surface area (Å²) >= 11 is 0. The number of piperidine rings is 1. The summed E-state index contributed by atoms with van der Waals surface area (Å²) in [6.45, 7) is 0.958. The summed E-state index contributed by atoms with van der Waals surface area (Å²) < 4.78 is 6.12. The van der Waals surface area contributed by atoms with Gasteiger partial charge in [-0.15, -0.1) is 0 Å². The Morgan fingerprint density at radius 3 is 2.80 bits per heavy atom. The molecule has 1 unspecified atom stereocenters. The number of carboxylic acid groups (broad SMARTS) is 1. The van der Waals surface area contributed by atoms with Crippen molar-refractivity contribution in [2.75, 3.05) is 30.8 Å². The summed E-state index contributed by atoms with van der Waals surface area (Å²) in [7, 11) is 2.90. The van der Waals surface area contributed by atoms with E-state index in [4.69, 9.17) is 15.6 Å². The number of hydrogen-bond acceptors (Lipinski definition) is 6. The van der Waals surface area contributed by atoms with E-state index in [0.29, 0.717) is 25.3 Å². The van der Waals surface area contributed by atoms with Gasteiger partial charge in [-0.05, 0) is 12.8 Å². The third-order valence-electron chi connectivity index (χ3n) is 3.53. The number of esters is 1. The van der Waals surface area contributed by atoms with Crippen LogP contribution in [0.15, 0.2) is 0 Å². The van der Waals surface area contributed by atoms with Gasteiger partial charge in [-0.1, -0.05) is 0 Å². The lowest BCUT2D eigenvalue weighted by atomic mass is 9.98. The highest BCUT2D eigenvalue weighted by molar-refractivity contribution is 5.99. The van der Waals surface area contributed by atoms with Crippen molar-refractivity contribution in [1.82, 2.24) is 9.78 Å². The number of aromatic nitrogens is 2. The number of nitrogen functional groups attached to an aromatic ring is 1. The fourth-order valence-electron chi connectivity index (χ4n) is 2.41. The molecule has 2 heterocycles. The van der Waals surface area contributed by atoms with Gasteiger partial charge in [-0.3, -0.25) is 9.48 Å². The molecule has 0 radical (unpaired) electrons. The number of anilines is 2. The second kappa shape index (κ2) is 5.40. The van der Waals surface area contributed by atoms with E-state index in [-0.39, 0.29) is 11.4 Å². The van der Waals surface area contributed by atoms with Crippen LogP contribution in [0.3, 0.4) is 0 Å². The van der Waals surface area contributed by atoms with E-state index in [2.05, 4.69) is 5.10 Å². The van der Waals surface area contributed by atoms with Crippen LogP contribution >= 0.6 is 0 Å². The van der Waals surface area contributed by atoms with Crippen molar-refractivity contribution in [3.63, 3.8) is 0 Å². The summed E-state index contributed by atoms with van der Waals surface area (Å²) in [6.07, 6.45) is 1.36. The molecular formula is C12H18N4O4. The van der Waals surface area contributed by atoms with Gasteiger partial charge in [0.05, 0.1) is 13.0 Å². The number of carbonyl (C=O) groups excluding carboxylic acids is 1. The Balaban J connectivity index is 2.34. The topological polar surface area (TPSA) is 111 Å². The lowest BCUT2D eigenvalue weighted by Crippen LogP contribution is -2.39. The van der Waals surface area contributed by atoms with Crippen LogP contribution in [0.25, 0.3) is 0 Å². The molecule has 8 heteroatoms. The molecule has 1 aromatic heterocycles. The van der Waals surface area contributed by atoms with Crippen LogP contribution in [0.2, 0.25) is 0 Å². The lowest BCUT2D eigenvalue weighted by molar-refractivity contribution is -0.141. The number of aliphatic carboxylic acids is 1. The molecule has 1 fully saturated rings. The molecule has 1 aliphatic rings. The molecule has 0 aliphatic carbocycles. The van der Waals surface area contributed by atoms with E-state index in [1.165, 1.54) is 11.8 Å². The van der Waals surface area contributed by atoms with Crippen molar-refractivity contribution in [1.29, 1.82) is 0 Å². The molecule has 1 atom stereocenters. The maximum atomic E-state index is 11.8. The van der Waals surface area contributed by atoms with Crippen molar-refractivity contribution >= 4 is 23.6 Å². The Morgan fingerprint density at radius 2 is 2.20 bits per heavy atom. The number of rotatable bonds is 3. The van der Waals surface area contributed by atoms with Gasteiger partial charge in [0, 0.05) is 20.1 Å². The van der Waals surface area contributed by atoms with Crippen LogP contribution in [0.1, 0.15) is 23.2 Å². The Hall–Kier alpha value is -2.25. The molecule has 0 bridgehead atoms. The summed E-state index contributed by atoms with van der Waals surface area (Å²) in [5, 5.41) is 13.3. The van der Waals surface area contributed by atoms with Gasteiger partial charge in [0.1, 0.15) is 11.4 Å². The molecular weight excluding hydrogens is 264 g/mol. The molecule has 110 valence electrons. The Bertz CT molecular complexity index is 540. The third kappa shape index (κ3) is 2.40. The van der Waals surface area contributed by atoms with Crippen LogP contribution in [-0.2, 0) is 16.6 Å². The monoisotopic (exact) mass is 282 g/mol. The first-order chi connectivity index (χ1) is 9.45. The number of carboxylic acids is 1. The first kappa shape index (κ1) is 14.2. The predicted molar refractivity (Wildman–Crippen MR) is 71.5 cm³/mol. The van der Waals surface area contributed by atoms with Crippen molar-refractivity contribution < 1.29 is 19.4 Å². The Kier molecular flexibility index (Phi) is 3.82. The van der Waals surface area contributed by atoms with E-state index < -0.39 is 17.9 Å². The van der Waals surface area contributed by atoms with Gasteiger partial charge in [0.25, 0.3) is 0 Å². The third-order valence-corrected chi connectivity index (χ3v) is 3.53. The van der Waals surface area contributed by atoms with Crippen LogP contribution in [0, 0.1) is 5.92 Å². The molecule has 1 aliphatic heterocycles. The van der Waals surface area contributed by atoms with Gasteiger partial charge >= 0.3 is 11.9 Å². The van der Waals surface area contributed by atoms with Crippen LogP contribution in [-0.4, -0.2) is 47.0 Å². The highest BCUT2D eigenvalue weighted by Crippen LogP contribution is 2.29. The minimum absolute atomic E-state index is 0.195. The second-order valence-electron chi connectivity index (χ2n) is 4.82. The minimum atomic E-state index is -0.835. The summed E-state index contributed by atoms with van der Waals surface area (Å²) in [5.74, 6) is -1.26. The maximum Gasteiger partial charge on any atom is 0.345 e. The van der Waals surface area contributed by atoms with Crippen LogP contribution in [0.4, 0.5) is 11.6 Å². The van der Waals surface area contributed by atoms with Crippen LogP contribution < -0.4 is 10.6 Å². The molecule has 8 nitrogen and oxygen atoms in total. The van der Waals surface area contributed by atoms with Gasteiger partial charge in [0.2, 0.25) is 0 Å². The SMILES string of the molecule is COC(=O)c1c(N2CCCC(C(=O)O)C2)nn(C)c1N. The van der Waals surface area contributed by atoms with Gasteiger partial charge in [0.15, 0.2) is 5.82 Å². The quantitative estimate of drug-likeness (QED) is 0.756. The zero-order valence-corrected chi connectivity index (χ0v) is 11.5. The lowest BCUT2D eigenvalue weighted by Gasteiger charge is -2.31. The van der Waals surface area contributed by atoms with E-state index in [9.17, 15) is 9.59 Å². The number of aryl methyl sites for hydroxylation is 1.